The highest BCUT2D eigenvalue weighted by molar-refractivity contribution is 5.69. The second-order valence-electron chi connectivity index (χ2n) is 5.83. The quantitative estimate of drug-likeness (QED) is 0.808. The molecular weight excluding hydrogens is 280 g/mol. The van der Waals surface area contributed by atoms with E-state index in [1.165, 1.54) is 5.69 Å². The Hall–Kier alpha value is -1.92. The lowest BCUT2D eigenvalue weighted by Gasteiger charge is -2.42. The molecule has 0 spiro atoms. The van der Waals surface area contributed by atoms with E-state index in [2.05, 4.69) is 20.8 Å². The number of carbonyl (C=O) groups is 1. The fourth-order valence-electron chi connectivity index (χ4n) is 3.13. The SMILES string of the molecule is CCN(CC(=O)O)C1CC(NCc2cccc3nccn23)C1. The van der Waals surface area contributed by atoms with Gasteiger partial charge in [0.1, 0.15) is 5.65 Å². The third-order valence-electron chi connectivity index (χ3n) is 4.46. The van der Waals surface area contributed by atoms with Crippen LogP contribution < -0.4 is 5.32 Å². The first kappa shape index (κ1) is 15.0. The van der Waals surface area contributed by atoms with Gasteiger partial charge in [-0.25, -0.2) is 4.98 Å². The monoisotopic (exact) mass is 302 g/mol. The molecule has 1 saturated carbocycles. The molecular formula is C16H22N4O2. The van der Waals surface area contributed by atoms with E-state index in [1.54, 1.807) is 0 Å². The summed E-state index contributed by atoms with van der Waals surface area (Å²) >= 11 is 0. The van der Waals surface area contributed by atoms with Crippen LogP contribution in [-0.2, 0) is 11.3 Å². The van der Waals surface area contributed by atoms with Gasteiger partial charge in [0.2, 0.25) is 0 Å². The van der Waals surface area contributed by atoms with E-state index >= 15 is 0 Å². The molecule has 1 aliphatic carbocycles. The van der Waals surface area contributed by atoms with Gasteiger partial charge in [-0.05, 0) is 31.5 Å². The van der Waals surface area contributed by atoms with Gasteiger partial charge in [0.05, 0.1) is 6.54 Å². The minimum absolute atomic E-state index is 0.141. The summed E-state index contributed by atoms with van der Waals surface area (Å²) in [6.45, 7) is 3.75. The Morgan fingerprint density at radius 3 is 3.05 bits per heavy atom. The molecule has 0 atom stereocenters. The second kappa shape index (κ2) is 6.46. The molecule has 6 heteroatoms. The predicted molar refractivity (Wildman–Crippen MR) is 83.7 cm³/mol. The molecule has 22 heavy (non-hydrogen) atoms. The van der Waals surface area contributed by atoms with Gasteiger partial charge in [-0.1, -0.05) is 13.0 Å². The number of hydrogen-bond donors (Lipinski definition) is 2. The highest BCUT2D eigenvalue weighted by Gasteiger charge is 2.33. The minimum atomic E-state index is -0.745. The van der Waals surface area contributed by atoms with E-state index in [0.717, 1.165) is 31.6 Å². The zero-order valence-corrected chi connectivity index (χ0v) is 12.8. The molecule has 0 radical (unpaired) electrons. The maximum Gasteiger partial charge on any atom is 0.317 e. The lowest BCUT2D eigenvalue weighted by molar-refractivity contribution is -0.139. The standard InChI is InChI=1S/C16H22N4O2/c1-2-19(11-16(21)22)14-8-12(9-14)18-10-13-4-3-5-15-17-6-7-20(13)15/h3-7,12,14,18H,2,8-11H2,1H3,(H,21,22). The Balaban J connectivity index is 1.50. The first-order valence-corrected chi connectivity index (χ1v) is 7.77. The number of likely N-dealkylation sites (N-methyl/N-ethyl adjacent to an activating group) is 1. The number of pyridine rings is 1. The van der Waals surface area contributed by atoms with Crippen molar-refractivity contribution in [3.8, 4) is 0 Å². The zero-order valence-electron chi connectivity index (χ0n) is 12.8. The third kappa shape index (κ3) is 3.13. The van der Waals surface area contributed by atoms with Gasteiger partial charge in [0.25, 0.3) is 0 Å². The Morgan fingerprint density at radius 1 is 1.50 bits per heavy atom. The molecule has 2 heterocycles. The van der Waals surface area contributed by atoms with Crippen molar-refractivity contribution in [2.45, 2.75) is 38.4 Å². The molecule has 0 amide bonds. The molecule has 1 fully saturated rings. The van der Waals surface area contributed by atoms with Crippen molar-refractivity contribution in [2.75, 3.05) is 13.1 Å². The van der Waals surface area contributed by atoms with Gasteiger partial charge in [-0.2, -0.15) is 0 Å². The first-order chi connectivity index (χ1) is 10.7. The number of carboxylic acid groups (broad SMARTS) is 1. The molecule has 0 unspecified atom stereocenters. The lowest BCUT2D eigenvalue weighted by Crippen LogP contribution is -2.53. The van der Waals surface area contributed by atoms with Gasteiger partial charge >= 0.3 is 5.97 Å². The smallest absolute Gasteiger partial charge is 0.317 e. The Bertz CT molecular complexity index is 648. The van der Waals surface area contributed by atoms with E-state index in [-0.39, 0.29) is 6.54 Å². The average molecular weight is 302 g/mol. The zero-order chi connectivity index (χ0) is 15.5. The molecule has 3 rings (SSSR count). The van der Waals surface area contributed by atoms with Crippen LogP contribution in [0.2, 0.25) is 0 Å². The average Bonchev–Trinajstić information content (AvgIpc) is 2.93. The number of hydrogen-bond acceptors (Lipinski definition) is 4. The van der Waals surface area contributed by atoms with Crippen molar-refractivity contribution in [3.05, 3.63) is 36.3 Å². The molecule has 1 aliphatic rings. The molecule has 0 aliphatic heterocycles. The maximum absolute atomic E-state index is 10.8. The second-order valence-corrected chi connectivity index (χ2v) is 5.83. The molecule has 2 aromatic rings. The number of fused-ring (bicyclic) bond motifs is 1. The van der Waals surface area contributed by atoms with Crippen molar-refractivity contribution in [1.29, 1.82) is 0 Å². The minimum Gasteiger partial charge on any atom is -0.480 e. The summed E-state index contributed by atoms with van der Waals surface area (Å²) in [6, 6.07) is 6.97. The van der Waals surface area contributed by atoms with E-state index in [9.17, 15) is 4.79 Å². The van der Waals surface area contributed by atoms with Crippen molar-refractivity contribution in [3.63, 3.8) is 0 Å². The largest absolute Gasteiger partial charge is 0.480 e. The lowest BCUT2D eigenvalue weighted by atomic mass is 9.85. The molecule has 2 aromatic heterocycles. The fourth-order valence-corrected chi connectivity index (χ4v) is 3.13. The van der Waals surface area contributed by atoms with Crippen LogP contribution in [0.1, 0.15) is 25.5 Å². The molecule has 118 valence electrons. The normalized spacial score (nSPS) is 21.2. The van der Waals surface area contributed by atoms with Crippen LogP contribution in [0.25, 0.3) is 5.65 Å². The van der Waals surface area contributed by atoms with Crippen molar-refractivity contribution in [2.24, 2.45) is 0 Å². The highest BCUT2D eigenvalue weighted by atomic mass is 16.4. The molecule has 6 nitrogen and oxygen atoms in total. The van der Waals surface area contributed by atoms with Gasteiger partial charge in [0.15, 0.2) is 0 Å². The van der Waals surface area contributed by atoms with Crippen molar-refractivity contribution >= 4 is 11.6 Å². The topological polar surface area (TPSA) is 69.9 Å². The number of nitrogens with zero attached hydrogens (tertiary/aromatic N) is 3. The van der Waals surface area contributed by atoms with Gasteiger partial charge < -0.3 is 14.8 Å². The molecule has 2 N–H and O–H groups in total. The van der Waals surface area contributed by atoms with Crippen LogP contribution in [0.15, 0.2) is 30.6 Å². The first-order valence-electron chi connectivity index (χ1n) is 7.77. The van der Waals surface area contributed by atoms with E-state index in [4.69, 9.17) is 5.11 Å². The highest BCUT2D eigenvalue weighted by Crippen LogP contribution is 2.25. The number of aromatic nitrogens is 2. The van der Waals surface area contributed by atoms with E-state index in [1.807, 2.05) is 36.4 Å². The summed E-state index contributed by atoms with van der Waals surface area (Å²) in [5, 5.41) is 12.5. The Labute approximate surface area is 129 Å². The number of imidazole rings is 1. The van der Waals surface area contributed by atoms with Crippen LogP contribution >= 0.6 is 0 Å². The summed E-state index contributed by atoms with van der Waals surface area (Å²) < 4.78 is 2.09. The van der Waals surface area contributed by atoms with E-state index < -0.39 is 5.97 Å². The number of rotatable bonds is 7. The van der Waals surface area contributed by atoms with Crippen LogP contribution in [0.5, 0.6) is 0 Å². The van der Waals surface area contributed by atoms with Gasteiger partial charge in [0, 0.05) is 36.7 Å². The van der Waals surface area contributed by atoms with E-state index in [0.29, 0.717) is 12.1 Å². The summed E-state index contributed by atoms with van der Waals surface area (Å²) in [5.41, 5.74) is 2.15. The maximum atomic E-state index is 10.8. The summed E-state index contributed by atoms with van der Waals surface area (Å²) in [6.07, 6.45) is 5.81. The van der Waals surface area contributed by atoms with Crippen LogP contribution in [-0.4, -0.2) is 50.5 Å². The number of aliphatic carboxylic acids is 1. The van der Waals surface area contributed by atoms with Crippen molar-refractivity contribution in [1.82, 2.24) is 19.6 Å². The van der Waals surface area contributed by atoms with Crippen molar-refractivity contribution < 1.29 is 9.90 Å². The molecule has 0 saturated heterocycles. The molecule has 0 bridgehead atoms. The number of nitrogens with one attached hydrogen (secondary N) is 1. The van der Waals surface area contributed by atoms with Crippen LogP contribution in [0.3, 0.4) is 0 Å². The van der Waals surface area contributed by atoms with Crippen LogP contribution in [0.4, 0.5) is 0 Å². The summed E-state index contributed by atoms with van der Waals surface area (Å²) in [7, 11) is 0. The molecule has 0 aromatic carbocycles. The fraction of sp³-hybridized carbons (Fsp3) is 0.500. The summed E-state index contributed by atoms with van der Waals surface area (Å²) in [5.74, 6) is -0.745. The summed E-state index contributed by atoms with van der Waals surface area (Å²) in [4.78, 5) is 17.2. The predicted octanol–water partition coefficient (Wildman–Crippen LogP) is 1.36. The van der Waals surface area contributed by atoms with Crippen LogP contribution in [0, 0.1) is 0 Å². The third-order valence-corrected chi connectivity index (χ3v) is 4.46. The van der Waals surface area contributed by atoms with Gasteiger partial charge in [-0.15, -0.1) is 0 Å². The Morgan fingerprint density at radius 2 is 2.32 bits per heavy atom. The number of carboxylic acids is 1. The Kier molecular flexibility index (Phi) is 4.40. The van der Waals surface area contributed by atoms with Gasteiger partial charge in [-0.3, -0.25) is 9.69 Å².